The van der Waals surface area contributed by atoms with Crippen LogP contribution in [0.25, 0.3) is 0 Å². The zero-order chi connectivity index (χ0) is 10.0. The highest BCUT2D eigenvalue weighted by Gasteiger charge is 2.30. The fourth-order valence-corrected chi connectivity index (χ4v) is 2.97. The summed E-state index contributed by atoms with van der Waals surface area (Å²) in [7, 11) is 0. The van der Waals surface area contributed by atoms with Crippen molar-refractivity contribution in [2.45, 2.75) is 47.5 Å². The van der Waals surface area contributed by atoms with E-state index in [1.165, 1.54) is 12.8 Å². The van der Waals surface area contributed by atoms with Crippen LogP contribution < -0.4 is 0 Å². The van der Waals surface area contributed by atoms with Gasteiger partial charge in [-0.1, -0.05) is 39.3 Å². The summed E-state index contributed by atoms with van der Waals surface area (Å²) in [6.45, 7) is 11.8. The van der Waals surface area contributed by atoms with Crippen LogP contribution in [-0.4, -0.2) is 0 Å². The Morgan fingerprint density at radius 3 is 2.54 bits per heavy atom. The van der Waals surface area contributed by atoms with E-state index in [0.717, 1.165) is 23.7 Å². The minimum Gasteiger partial charge on any atom is -0.0850 e. The summed E-state index contributed by atoms with van der Waals surface area (Å²) < 4.78 is 0. The molecule has 1 aliphatic rings. The second-order valence-electron chi connectivity index (χ2n) is 4.97. The predicted molar refractivity (Wildman–Crippen MR) is 59.6 cm³/mol. The molecule has 0 radical (unpaired) electrons. The van der Waals surface area contributed by atoms with E-state index < -0.39 is 0 Å². The average molecular weight is 180 g/mol. The highest BCUT2D eigenvalue weighted by atomic mass is 14.3. The van der Waals surface area contributed by atoms with E-state index in [0.29, 0.717) is 0 Å². The van der Waals surface area contributed by atoms with Crippen LogP contribution in [0.4, 0.5) is 0 Å². The fraction of sp³-hybridized carbons (Fsp3) is 0.846. The zero-order valence-electron chi connectivity index (χ0n) is 9.80. The average Bonchev–Trinajstić information content (AvgIpc) is 2.04. The second-order valence-corrected chi connectivity index (χ2v) is 4.97. The quantitative estimate of drug-likeness (QED) is 0.557. The third-order valence-electron chi connectivity index (χ3n) is 3.90. The van der Waals surface area contributed by atoms with Crippen molar-refractivity contribution >= 4 is 0 Å². The van der Waals surface area contributed by atoms with Gasteiger partial charge in [0.15, 0.2) is 0 Å². The topological polar surface area (TPSA) is 0 Å². The lowest BCUT2D eigenvalue weighted by molar-refractivity contribution is 0.197. The minimum atomic E-state index is 0.841. The van der Waals surface area contributed by atoms with E-state index in [9.17, 15) is 0 Å². The molecule has 0 amide bonds. The van der Waals surface area contributed by atoms with Crippen LogP contribution in [-0.2, 0) is 0 Å². The molecule has 0 aromatic heterocycles. The number of allylic oxidation sites excluding steroid dienone is 2. The van der Waals surface area contributed by atoms with Gasteiger partial charge in [-0.25, -0.2) is 0 Å². The Hall–Kier alpha value is -0.260. The van der Waals surface area contributed by atoms with E-state index in [1.807, 2.05) is 0 Å². The maximum absolute atomic E-state index is 2.47. The monoisotopic (exact) mass is 180 g/mol. The zero-order valence-corrected chi connectivity index (χ0v) is 9.80. The summed E-state index contributed by atoms with van der Waals surface area (Å²) in [5, 5.41) is 0. The van der Waals surface area contributed by atoms with Gasteiger partial charge < -0.3 is 0 Å². The first-order valence-electron chi connectivity index (χ1n) is 5.74. The molecule has 0 saturated carbocycles. The van der Waals surface area contributed by atoms with Crippen molar-refractivity contribution in [3.63, 3.8) is 0 Å². The smallest absolute Gasteiger partial charge is 0.0180 e. The molecule has 0 bridgehead atoms. The number of rotatable bonds is 2. The van der Waals surface area contributed by atoms with Crippen LogP contribution in [0.2, 0.25) is 0 Å². The van der Waals surface area contributed by atoms with Crippen molar-refractivity contribution < 1.29 is 0 Å². The van der Waals surface area contributed by atoms with Crippen molar-refractivity contribution in [3.8, 4) is 0 Å². The molecular formula is C13H24. The Morgan fingerprint density at radius 1 is 1.46 bits per heavy atom. The molecule has 0 fully saturated rings. The summed E-state index contributed by atoms with van der Waals surface area (Å²) in [6, 6.07) is 0. The van der Waals surface area contributed by atoms with Crippen molar-refractivity contribution in [1.29, 1.82) is 0 Å². The number of hydrogen-bond donors (Lipinski definition) is 0. The van der Waals surface area contributed by atoms with Gasteiger partial charge in [0.05, 0.1) is 0 Å². The SMILES string of the molecule is CC[C@H]1C(C)=CC[C@H](C(C)C)[C@H]1C. The molecule has 0 aromatic rings. The van der Waals surface area contributed by atoms with Crippen molar-refractivity contribution in [2.75, 3.05) is 0 Å². The Bertz CT molecular complexity index is 188. The van der Waals surface area contributed by atoms with Crippen molar-refractivity contribution in [3.05, 3.63) is 11.6 Å². The normalized spacial score (nSPS) is 34.9. The molecule has 0 nitrogen and oxygen atoms in total. The van der Waals surface area contributed by atoms with Crippen LogP contribution in [0.15, 0.2) is 11.6 Å². The highest BCUT2D eigenvalue weighted by Crippen LogP contribution is 2.39. The second kappa shape index (κ2) is 4.30. The lowest BCUT2D eigenvalue weighted by Crippen LogP contribution is -2.28. The first kappa shape index (κ1) is 10.8. The molecule has 0 N–H and O–H groups in total. The van der Waals surface area contributed by atoms with E-state index in [1.54, 1.807) is 5.57 Å². The van der Waals surface area contributed by atoms with Crippen LogP contribution in [0.3, 0.4) is 0 Å². The fourth-order valence-electron chi connectivity index (χ4n) is 2.97. The van der Waals surface area contributed by atoms with Gasteiger partial charge in [0.1, 0.15) is 0 Å². The molecular weight excluding hydrogens is 156 g/mol. The lowest BCUT2D eigenvalue weighted by Gasteiger charge is -2.37. The molecule has 13 heavy (non-hydrogen) atoms. The van der Waals surface area contributed by atoms with Gasteiger partial charge in [0.25, 0.3) is 0 Å². The highest BCUT2D eigenvalue weighted by molar-refractivity contribution is 5.10. The molecule has 3 atom stereocenters. The Labute approximate surface area is 83.4 Å². The number of hydrogen-bond acceptors (Lipinski definition) is 0. The molecule has 76 valence electrons. The standard InChI is InChI=1S/C13H24/c1-6-12-10(4)7-8-13(9(2)3)11(12)5/h7,9,11-13H,6,8H2,1-5H3/t11-,12-,13+/m0/s1. The van der Waals surface area contributed by atoms with Gasteiger partial charge in [-0.05, 0) is 43.4 Å². The van der Waals surface area contributed by atoms with Gasteiger partial charge in [0, 0.05) is 0 Å². The summed E-state index contributed by atoms with van der Waals surface area (Å²) >= 11 is 0. The van der Waals surface area contributed by atoms with Crippen LogP contribution in [0, 0.1) is 23.7 Å². The lowest BCUT2D eigenvalue weighted by atomic mass is 9.68. The van der Waals surface area contributed by atoms with E-state index in [-0.39, 0.29) is 0 Å². The van der Waals surface area contributed by atoms with Crippen LogP contribution in [0.5, 0.6) is 0 Å². The molecule has 0 heteroatoms. The maximum atomic E-state index is 2.47. The minimum absolute atomic E-state index is 0.841. The summed E-state index contributed by atoms with van der Waals surface area (Å²) in [5.74, 6) is 3.48. The van der Waals surface area contributed by atoms with E-state index in [4.69, 9.17) is 0 Å². The van der Waals surface area contributed by atoms with Crippen LogP contribution >= 0.6 is 0 Å². The van der Waals surface area contributed by atoms with Gasteiger partial charge in [-0.15, -0.1) is 0 Å². The molecule has 0 aromatic carbocycles. The molecule has 0 spiro atoms. The molecule has 1 rings (SSSR count). The van der Waals surface area contributed by atoms with Crippen molar-refractivity contribution in [2.24, 2.45) is 23.7 Å². The predicted octanol–water partition coefficient (Wildman–Crippen LogP) is 4.27. The third kappa shape index (κ3) is 2.15. The van der Waals surface area contributed by atoms with Gasteiger partial charge in [-0.3, -0.25) is 0 Å². The molecule has 0 heterocycles. The molecule has 0 unspecified atom stereocenters. The Kier molecular flexibility index (Phi) is 3.58. The molecule has 0 aliphatic heterocycles. The first-order valence-corrected chi connectivity index (χ1v) is 5.74. The third-order valence-corrected chi connectivity index (χ3v) is 3.90. The molecule has 1 aliphatic carbocycles. The Morgan fingerprint density at radius 2 is 2.08 bits per heavy atom. The van der Waals surface area contributed by atoms with Crippen molar-refractivity contribution in [1.82, 2.24) is 0 Å². The van der Waals surface area contributed by atoms with E-state index >= 15 is 0 Å². The van der Waals surface area contributed by atoms with Gasteiger partial charge >= 0.3 is 0 Å². The first-order chi connectivity index (χ1) is 6.07. The van der Waals surface area contributed by atoms with Gasteiger partial charge in [0.2, 0.25) is 0 Å². The maximum Gasteiger partial charge on any atom is -0.0180 e. The van der Waals surface area contributed by atoms with Crippen LogP contribution in [0.1, 0.15) is 47.5 Å². The Balaban J connectivity index is 2.76. The summed E-state index contributed by atoms with van der Waals surface area (Å²) in [6.07, 6.45) is 5.09. The largest absolute Gasteiger partial charge is 0.0850 e. The van der Waals surface area contributed by atoms with E-state index in [2.05, 4.69) is 40.7 Å². The summed E-state index contributed by atoms with van der Waals surface area (Å²) in [5.41, 5.74) is 1.63. The summed E-state index contributed by atoms with van der Waals surface area (Å²) in [4.78, 5) is 0. The van der Waals surface area contributed by atoms with Gasteiger partial charge in [-0.2, -0.15) is 0 Å². The molecule has 0 saturated heterocycles.